The molecule has 200 valence electrons. The van der Waals surface area contributed by atoms with Crippen LogP contribution in [-0.2, 0) is 6.42 Å². The molecule has 2 aromatic carbocycles. The van der Waals surface area contributed by atoms with E-state index in [4.69, 9.17) is 14.8 Å². The Hall–Kier alpha value is -4.45. The average molecular weight is 525 g/mol. The van der Waals surface area contributed by atoms with Crippen molar-refractivity contribution < 1.29 is 19.7 Å². The zero-order valence-electron chi connectivity index (χ0n) is 22.0. The molecular weight excluding hydrogens is 492 g/mol. The van der Waals surface area contributed by atoms with Crippen molar-refractivity contribution in [3.8, 4) is 23.1 Å². The van der Waals surface area contributed by atoms with Gasteiger partial charge in [-0.3, -0.25) is 4.79 Å². The monoisotopic (exact) mass is 524 g/mol. The van der Waals surface area contributed by atoms with E-state index in [-0.39, 0.29) is 31.3 Å². The minimum atomic E-state index is -0.312. The first-order valence-electron chi connectivity index (χ1n) is 12.9. The fourth-order valence-corrected chi connectivity index (χ4v) is 4.34. The van der Waals surface area contributed by atoms with E-state index in [1.165, 1.54) is 6.07 Å². The second-order valence-electron chi connectivity index (χ2n) is 9.48. The van der Waals surface area contributed by atoms with Gasteiger partial charge in [-0.2, -0.15) is 5.26 Å². The van der Waals surface area contributed by atoms with Crippen LogP contribution in [0.15, 0.2) is 73.1 Å². The van der Waals surface area contributed by atoms with Crippen molar-refractivity contribution >= 4 is 17.6 Å². The standard InChI is InChI=1S/C31H32N4O4/c1-21(2)39-29-12-11-25(18-26(29)19-32)31(38)33-27(13-16-37)17-22-7-9-23(10-8-22)28-20-35-14-3-5-24(6-4-15-36)30(35)34-28/h3-12,14,18,20-21,27,36-37H,13,15-17H2,1-2H3,(H,33,38)/b6-4+/t27-/m1/s1. The number of amides is 1. The Morgan fingerprint density at radius 1 is 1.18 bits per heavy atom. The van der Waals surface area contributed by atoms with E-state index >= 15 is 0 Å². The highest BCUT2D eigenvalue weighted by molar-refractivity contribution is 5.95. The summed E-state index contributed by atoms with van der Waals surface area (Å²) in [5.41, 5.74) is 5.16. The molecule has 0 radical (unpaired) electrons. The summed E-state index contributed by atoms with van der Waals surface area (Å²) in [7, 11) is 0. The summed E-state index contributed by atoms with van der Waals surface area (Å²) < 4.78 is 7.60. The number of nitrogens with one attached hydrogen (secondary N) is 1. The molecule has 0 saturated carbocycles. The molecule has 3 N–H and O–H groups in total. The van der Waals surface area contributed by atoms with Crippen LogP contribution in [-0.4, -0.2) is 50.9 Å². The predicted octanol–water partition coefficient (Wildman–Crippen LogP) is 4.39. The Balaban J connectivity index is 1.47. The lowest BCUT2D eigenvalue weighted by atomic mass is 10.0. The Kier molecular flexibility index (Phi) is 9.10. The number of aromatic nitrogens is 2. The van der Waals surface area contributed by atoms with E-state index in [0.717, 1.165) is 28.0 Å². The molecule has 39 heavy (non-hydrogen) atoms. The van der Waals surface area contributed by atoms with Gasteiger partial charge < -0.3 is 24.7 Å². The molecule has 4 rings (SSSR count). The first-order chi connectivity index (χ1) is 18.9. The van der Waals surface area contributed by atoms with E-state index in [1.54, 1.807) is 18.2 Å². The number of benzene rings is 2. The summed E-state index contributed by atoms with van der Waals surface area (Å²) in [4.78, 5) is 17.7. The zero-order valence-corrected chi connectivity index (χ0v) is 22.0. The first-order valence-corrected chi connectivity index (χ1v) is 12.9. The maximum atomic E-state index is 13.0. The molecule has 1 amide bonds. The van der Waals surface area contributed by atoms with Gasteiger partial charge in [0.05, 0.1) is 24.0 Å². The van der Waals surface area contributed by atoms with Crippen LogP contribution >= 0.6 is 0 Å². The van der Waals surface area contributed by atoms with Gasteiger partial charge in [0.1, 0.15) is 17.5 Å². The number of pyridine rings is 1. The van der Waals surface area contributed by atoms with Gasteiger partial charge in [0.2, 0.25) is 0 Å². The maximum absolute atomic E-state index is 13.0. The van der Waals surface area contributed by atoms with E-state index in [2.05, 4.69) is 11.4 Å². The molecule has 0 saturated heterocycles. The fraction of sp³-hybridized carbons (Fsp3) is 0.258. The zero-order chi connectivity index (χ0) is 27.8. The van der Waals surface area contributed by atoms with Gasteiger partial charge in [-0.1, -0.05) is 36.4 Å². The summed E-state index contributed by atoms with van der Waals surface area (Å²) in [5.74, 6) is 0.132. The third-order valence-electron chi connectivity index (χ3n) is 6.19. The van der Waals surface area contributed by atoms with Crippen LogP contribution in [0.4, 0.5) is 0 Å². The lowest BCUT2D eigenvalue weighted by Crippen LogP contribution is -2.37. The molecule has 2 aromatic heterocycles. The molecule has 4 aromatic rings. The third kappa shape index (κ3) is 6.90. The van der Waals surface area contributed by atoms with Crippen LogP contribution in [0.1, 0.15) is 47.3 Å². The Labute approximate surface area is 227 Å². The fourth-order valence-electron chi connectivity index (χ4n) is 4.34. The van der Waals surface area contributed by atoms with Crippen LogP contribution in [0.5, 0.6) is 5.75 Å². The van der Waals surface area contributed by atoms with E-state index in [9.17, 15) is 15.2 Å². The second-order valence-corrected chi connectivity index (χ2v) is 9.48. The van der Waals surface area contributed by atoms with Crippen LogP contribution in [0.2, 0.25) is 0 Å². The summed E-state index contributed by atoms with van der Waals surface area (Å²) in [6.45, 7) is 3.65. The lowest BCUT2D eigenvalue weighted by Gasteiger charge is -2.19. The quantitative estimate of drug-likeness (QED) is 0.268. The Morgan fingerprint density at radius 3 is 2.67 bits per heavy atom. The number of ether oxygens (including phenoxy) is 1. The number of aliphatic hydroxyl groups is 2. The number of aliphatic hydroxyl groups excluding tert-OH is 2. The average Bonchev–Trinajstić information content (AvgIpc) is 3.37. The van der Waals surface area contributed by atoms with Crippen LogP contribution in [0, 0.1) is 11.3 Å². The molecular formula is C31H32N4O4. The van der Waals surface area contributed by atoms with Crippen LogP contribution < -0.4 is 10.1 Å². The van der Waals surface area contributed by atoms with Gasteiger partial charge in [0.25, 0.3) is 5.91 Å². The number of nitrogens with zero attached hydrogens (tertiary/aromatic N) is 3. The minimum Gasteiger partial charge on any atom is -0.490 e. The highest BCUT2D eigenvalue weighted by Crippen LogP contribution is 2.23. The predicted molar refractivity (Wildman–Crippen MR) is 150 cm³/mol. The van der Waals surface area contributed by atoms with Gasteiger partial charge in [-0.15, -0.1) is 0 Å². The highest BCUT2D eigenvalue weighted by Gasteiger charge is 2.17. The smallest absolute Gasteiger partial charge is 0.251 e. The van der Waals surface area contributed by atoms with E-state index in [1.807, 2.05) is 73.1 Å². The number of imidazole rings is 1. The molecule has 8 nitrogen and oxygen atoms in total. The summed E-state index contributed by atoms with van der Waals surface area (Å²) in [6, 6.07) is 18.5. The van der Waals surface area contributed by atoms with Crippen molar-refractivity contribution in [2.75, 3.05) is 13.2 Å². The number of fused-ring (bicyclic) bond motifs is 1. The van der Waals surface area contributed by atoms with Gasteiger partial charge in [-0.05, 0) is 62.6 Å². The number of carbonyl (C=O) groups excluding carboxylic acids is 1. The number of rotatable bonds is 11. The number of hydrogen-bond donors (Lipinski definition) is 3. The van der Waals surface area contributed by atoms with Crippen LogP contribution in [0.3, 0.4) is 0 Å². The topological polar surface area (TPSA) is 120 Å². The number of nitriles is 1. The normalized spacial score (nSPS) is 12.1. The Morgan fingerprint density at radius 2 is 1.97 bits per heavy atom. The summed E-state index contributed by atoms with van der Waals surface area (Å²) >= 11 is 0. The largest absolute Gasteiger partial charge is 0.490 e. The molecule has 0 aliphatic rings. The van der Waals surface area contributed by atoms with Crippen molar-refractivity contribution in [1.29, 1.82) is 5.26 Å². The van der Waals surface area contributed by atoms with Crippen molar-refractivity contribution in [2.24, 2.45) is 0 Å². The molecule has 2 heterocycles. The molecule has 0 aliphatic heterocycles. The van der Waals surface area contributed by atoms with Crippen molar-refractivity contribution in [3.05, 3.63) is 95.3 Å². The number of hydrogen-bond acceptors (Lipinski definition) is 6. The summed E-state index contributed by atoms with van der Waals surface area (Å²) in [5, 5.41) is 31.2. The molecule has 0 unspecified atom stereocenters. The third-order valence-corrected chi connectivity index (χ3v) is 6.19. The maximum Gasteiger partial charge on any atom is 0.251 e. The van der Waals surface area contributed by atoms with Gasteiger partial charge in [0.15, 0.2) is 0 Å². The van der Waals surface area contributed by atoms with Crippen molar-refractivity contribution in [3.63, 3.8) is 0 Å². The van der Waals surface area contributed by atoms with Gasteiger partial charge in [-0.25, -0.2) is 4.98 Å². The summed E-state index contributed by atoms with van der Waals surface area (Å²) in [6.07, 6.45) is 8.26. The second kappa shape index (κ2) is 12.9. The molecule has 0 spiro atoms. The Bertz CT molecular complexity index is 1500. The van der Waals surface area contributed by atoms with Crippen molar-refractivity contribution in [1.82, 2.24) is 14.7 Å². The van der Waals surface area contributed by atoms with Gasteiger partial charge in [0, 0.05) is 41.7 Å². The first kappa shape index (κ1) is 27.6. The molecule has 8 heteroatoms. The molecule has 0 bridgehead atoms. The van der Waals surface area contributed by atoms with E-state index in [0.29, 0.717) is 29.7 Å². The molecule has 1 atom stereocenters. The molecule has 0 fully saturated rings. The SMILES string of the molecule is CC(C)Oc1ccc(C(=O)N[C@H](CCO)Cc2ccc(-c3cn4cccc(/C=C/CO)c4n3)cc2)cc1C#N. The van der Waals surface area contributed by atoms with Gasteiger partial charge >= 0.3 is 0 Å². The highest BCUT2D eigenvalue weighted by atomic mass is 16.5. The lowest BCUT2D eigenvalue weighted by molar-refractivity contribution is 0.0930. The van der Waals surface area contributed by atoms with Crippen LogP contribution in [0.25, 0.3) is 23.0 Å². The van der Waals surface area contributed by atoms with Crippen molar-refractivity contribution in [2.45, 2.75) is 38.8 Å². The van der Waals surface area contributed by atoms with E-state index < -0.39 is 0 Å². The molecule has 0 aliphatic carbocycles. The number of carbonyl (C=O) groups is 1. The minimum absolute atomic E-state index is 0.0335.